The lowest BCUT2D eigenvalue weighted by Gasteiger charge is -2.30. The largest absolute Gasteiger partial charge is 0.465 e. The fourth-order valence-electron chi connectivity index (χ4n) is 1.43. The van der Waals surface area contributed by atoms with E-state index in [9.17, 15) is 19.5 Å². The van der Waals surface area contributed by atoms with Crippen molar-refractivity contribution in [3.05, 3.63) is 35.9 Å². The number of rotatable bonds is 4. The molecule has 0 radical (unpaired) electrons. The number of nitrogens with zero attached hydrogens (tertiary/aromatic N) is 1. The first-order valence-electron chi connectivity index (χ1n) is 5.43. The first-order chi connectivity index (χ1) is 9.39. The molecule has 1 aromatic rings. The summed E-state index contributed by atoms with van der Waals surface area (Å²) in [4.78, 5) is 35.2. The summed E-state index contributed by atoms with van der Waals surface area (Å²) in [7, 11) is 1.86. The van der Waals surface area contributed by atoms with Crippen LogP contribution in [0, 0.1) is 0 Å². The van der Waals surface area contributed by atoms with E-state index in [1.54, 1.807) is 18.2 Å². The minimum atomic E-state index is -3.06. The Morgan fingerprint density at radius 1 is 1.10 bits per heavy atom. The summed E-state index contributed by atoms with van der Waals surface area (Å²) >= 11 is 0. The molecule has 0 heterocycles. The molecular weight excluding hydrogens is 268 g/mol. The SMILES string of the molecule is COC(=O)C(O)(C(=O)OC)N(N)C(=O)c1ccccc1. The predicted molar refractivity (Wildman–Crippen MR) is 65.8 cm³/mol. The maximum absolute atomic E-state index is 12.1. The third-order valence-corrected chi connectivity index (χ3v) is 2.53. The quantitative estimate of drug-likeness (QED) is 0.182. The second-order valence-corrected chi connectivity index (χ2v) is 3.70. The van der Waals surface area contributed by atoms with Crippen LogP contribution in [0.3, 0.4) is 0 Å². The van der Waals surface area contributed by atoms with E-state index in [4.69, 9.17) is 5.84 Å². The summed E-state index contributed by atoms with van der Waals surface area (Å²) in [6, 6.07) is 7.56. The van der Waals surface area contributed by atoms with E-state index in [0.29, 0.717) is 0 Å². The number of methoxy groups -OCH3 is 2. The average molecular weight is 282 g/mol. The second-order valence-electron chi connectivity index (χ2n) is 3.70. The zero-order chi connectivity index (χ0) is 15.3. The van der Waals surface area contributed by atoms with Gasteiger partial charge in [0.1, 0.15) is 0 Å². The molecule has 0 fully saturated rings. The van der Waals surface area contributed by atoms with Gasteiger partial charge in [0.15, 0.2) is 0 Å². The molecule has 0 bridgehead atoms. The normalized spacial score (nSPS) is 10.6. The van der Waals surface area contributed by atoms with Crippen molar-refractivity contribution in [3.8, 4) is 0 Å². The number of carbonyl (C=O) groups is 3. The highest BCUT2D eigenvalue weighted by Crippen LogP contribution is 2.16. The summed E-state index contributed by atoms with van der Waals surface area (Å²) in [6.07, 6.45) is 0. The number of amides is 1. The summed E-state index contributed by atoms with van der Waals surface area (Å²) < 4.78 is 8.56. The molecule has 0 spiro atoms. The van der Waals surface area contributed by atoms with E-state index in [1.807, 2.05) is 0 Å². The standard InChI is InChI=1S/C12H14N2O6/c1-19-10(16)12(18,11(17)20-2)14(13)9(15)8-6-4-3-5-7-8/h3-7,18H,13H2,1-2H3. The zero-order valence-electron chi connectivity index (χ0n) is 10.9. The number of ether oxygens (including phenoxy) is 2. The van der Waals surface area contributed by atoms with Crippen molar-refractivity contribution in [1.29, 1.82) is 0 Å². The fourth-order valence-corrected chi connectivity index (χ4v) is 1.43. The summed E-state index contributed by atoms with van der Waals surface area (Å²) in [5.74, 6) is 1.59. The van der Waals surface area contributed by atoms with Gasteiger partial charge in [0.25, 0.3) is 5.91 Å². The summed E-state index contributed by atoms with van der Waals surface area (Å²) in [5, 5.41) is 10.1. The Bertz CT molecular complexity index is 500. The number of nitrogens with two attached hydrogens (primary N) is 1. The Hall–Kier alpha value is -2.45. The Labute approximate surface area is 114 Å². The molecule has 8 nitrogen and oxygen atoms in total. The van der Waals surface area contributed by atoms with Crippen LogP contribution >= 0.6 is 0 Å². The highest BCUT2D eigenvalue weighted by molar-refractivity contribution is 6.07. The van der Waals surface area contributed by atoms with E-state index in [-0.39, 0.29) is 10.6 Å². The van der Waals surface area contributed by atoms with Crippen molar-refractivity contribution in [2.75, 3.05) is 14.2 Å². The Morgan fingerprint density at radius 2 is 1.55 bits per heavy atom. The average Bonchev–Trinajstić information content (AvgIpc) is 2.51. The molecule has 3 N–H and O–H groups in total. The smallest absolute Gasteiger partial charge is 0.373 e. The van der Waals surface area contributed by atoms with Crippen molar-refractivity contribution in [2.24, 2.45) is 5.84 Å². The third kappa shape index (κ3) is 2.60. The molecule has 0 aliphatic heterocycles. The second kappa shape index (κ2) is 6.13. The van der Waals surface area contributed by atoms with Crippen molar-refractivity contribution >= 4 is 17.8 Å². The zero-order valence-corrected chi connectivity index (χ0v) is 10.9. The van der Waals surface area contributed by atoms with Crippen molar-refractivity contribution < 1.29 is 29.0 Å². The van der Waals surface area contributed by atoms with Crippen LogP contribution in [-0.4, -0.2) is 47.9 Å². The number of hydrogen-bond acceptors (Lipinski definition) is 7. The van der Waals surface area contributed by atoms with Gasteiger partial charge in [0.05, 0.1) is 14.2 Å². The van der Waals surface area contributed by atoms with Crippen LogP contribution in [-0.2, 0) is 19.1 Å². The molecule has 0 atom stereocenters. The maximum Gasteiger partial charge on any atom is 0.373 e. The van der Waals surface area contributed by atoms with Gasteiger partial charge in [-0.05, 0) is 12.1 Å². The molecule has 0 saturated carbocycles. The number of hydrazine groups is 1. The Kier molecular flexibility index (Phi) is 4.78. The van der Waals surface area contributed by atoms with Gasteiger partial charge >= 0.3 is 17.7 Å². The maximum atomic E-state index is 12.1. The number of carbonyl (C=O) groups excluding carboxylic acids is 3. The van der Waals surface area contributed by atoms with Crippen molar-refractivity contribution in [1.82, 2.24) is 5.01 Å². The van der Waals surface area contributed by atoms with E-state index in [1.165, 1.54) is 12.1 Å². The van der Waals surface area contributed by atoms with Gasteiger partial charge in [-0.3, -0.25) is 4.79 Å². The lowest BCUT2D eigenvalue weighted by Crippen LogP contribution is -2.65. The van der Waals surface area contributed by atoms with Gasteiger partial charge in [-0.2, -0.15) is 0 Å². The summed E-state index contributed by atoms with van der Waals surface area (Å²) in [5.41, 5.74) is -2.99. The van der Waals surface area contributed by atoms with Crippen molar-refractivity contribution in [3.63, 3.8) is 0 Å². The van der Waals surface area contributed by atoms with Gasteiger partial charge in [-0.15, -0.1) is 0 Å². The molecule has 1 aromatic carbocycles. The minimum Gasteiger partial charge on any atom is -0.465 e. The molecule has 1 rings (SSSR count). The highest BCUT2D eigenvalue weighted by atomic mass is 16.6. The van der Waals surface area contributed by atoms with Crippen molar-refractivity contribution in [2.45, 2.75) is 5.72 Å². The number of aliphatic hydroxyl groups is 1. The van der Waals surface area contributed by atoms with Crippen LogP contribution in [0.2, 0.25) is 0 Å². The minimum absolute atomic E-state index is 0.0694. The highest BCUT2D eigenvalue weighted by Gasteiger charge is 2.54. The van der Waals surface area contributed by atoms with Gasteiger partial charge in [-0.25, -0.2) is 20.4 Å². The number of esters is 2. The lowest BCUT2D eigenvalue weighted by atomic mass is 10.1. The topological polar surface area (TPSA) is 119 Å². The Morgan fingerprint density at radius 3 is 1.95 bits per heavy atom. The molecule has 8 heteroatoms. The van der Waals surface area contributed by atoms with E-state index >= 15 is 0 Å². The molecule has 0 aliphatic carbocycles. The van der Waals surface area contributed by atoms with E-state index in [0.717, 1.165) is 14.2 Å². The molecule has 0 aromatic heterocycles. The molecule has 1 amide bonds. The molecule has 20 heavy (non-hydrogen) atoms. The van der Waals surface area contributed by atoms with Crippen LogP contribution < -0.4 is 5.84 Å². The number of hydrogen-bond donors (Lipinski definition) is 2. The molecule has 0 saturated heterocycles. The first kappa shape index (κ1) is 15.6. The van der Waals surface area contributed by atoms with E-state index < -0.39 is 23.6 Å². The van der Waals surface area contributed by atoms with Gasteiger partial charge in [0.2, 0.25) is 0 Å². The monoisotopic (exact) mass is 282 g/mol. The van der Waals surface area contributed by atoms with Crippen LogP contribution in [0.25, 0.3) is 0 Å². The van der Waals surface area contributed by atoms with Crippen LogP contribution in [0.5, 0.6) is 0 Å². The predicted octanol–water partition coefficient (Wildman–Crippen LogP) is -0.963. The van der Waals surface area contributed by atoms with Gasteiger partial charge in [0, 0.05) is 5.56 Å². The lowest BCUT2D eigenvalue weighted by molar-refractivity contribution is -0.198. The van der Waals surface area contributed by atoms with Crippen LogP contribution in [0.4, 0.5) is 0 Å². The molecule has 108 valence electrons. The van der Waals surface area contributed by atoms with Gasteiger partial charge < -0.3 is 14.6 Å². The van der Waals surface area contributed by atoms with E-state index in [2.05, 4.69) is 9.47 Å². The van der Waals surface area contributed by atoms with Crippen LogP contribution in [0.15, 0.2) is 30.3 Å². The number of benzene rings is 1. The first-order valence-corrected chi connectivity index (χ1v) is 5.43. The van der Waals surface area contributed by atoms with Gasteiger partial charge in [-0.1, -0.05) is 18.2 Å². The van der Waals surface area contributed by atoms with Crippen LogP contribution in [0.1, 0.15) is 10.4 Å². The summed E-state index contributed by atoms with van der Waals surface area (Å²) in [6.45, 7) is 0. The fraction of sp³-hybridized carbons (Fsp3) is 0.250. The third-order valence-electron chi connectivity index (χ3n) is 2.53. The molecule has 0 aliphatic rings. The molecule has 0 unspecified atom stereocenters. The molecular formula is C12H14N2O6. The Balaban J connectivity index is 3.18.